The highest BCUT2D eigenvalue weighted by atomic mass is 79.9. The standard InChI is InChI=1S/C16H18BrFN2/c1-2-20(10-12-3-6-14(19)7-4-12)11-13-5-8-16(18)15(17)9-13/h3-9H,2,10-11,19H2,1H3. The fourth-order valence-electron chi connectivity index (χ4n) is 2.06. The Morgan fingerprint density at radius 3 is 2.25 bits per heavy atom. The molecule has 2 aromatic carbocycles. The average Bonchev–Trinajstić information content (AvgIpc) is 2.44. The second-order valence-electron chi connectivity index (χ2n) is 4.79. The van der Waals surface area contributed by atoms with E-state index in [1.807, 2.05) is 36.4 Å². The summed E-state index contributed by atoms with van der Waals surface area (Å²) >= 11 is 3.23. The molecule has 2 aromatic rings. The lowest BCUT2D eigenvalue weighted by Crippen LogP contribution is -2.22. The molecule has 0 saturated heterocycles. The SMILES string of the molecule is CCN(Cc1ccc(N)cc1)Cc1ccc(F)c(Br)c1. The molecule has 0 bridgehead atoms. The molecule has 0 heterocycles. The highest BCUT2D eigenvalue weighted by Crippen LogP contribution is 2.19. The van der Waals surface area contributed by atoms with Gasteiger partial charge in [0.15, 0.2) is 0 Å². The van der Waals surface area contributed by atoms with Gasteiger partial charge in [-0.3, -0.25) is 4.90 Å². The number of benzene rings is 2. The number of hydrogen-bond acceptors (Lipinski definition) is 2. The Labute approximate surface area is 127 Å². The Hall–Kier alpha value is -1.39. The van der Waals surface area contributed by atoms with Crippen LogP contribution in [0.1, 0.15) is 18.1 Å². The van der Waals surface area contributed by atoms with Gasteiger partial charge in [0.05, 0.1) is 4.47 Å². The van der Waals surface area contributed by atoms with Crippen molar-refractivity contribution >= 4 is 21.6 Å². The second-order valence-corrected chi connectivity index (χ2v) is 5.65. The predicted octanol–water partition coefficient (Wildman–Crippen LogP) is 4.19. The van der Waals surface area contributed by atoms with E-state index in [2.05, 4.69) is 27.8 Å². The highest BCUT2D eigenvalue weighted by Gasteiger charge is 2.07. The molecular formula is C16H18BrFN2. The molecule has 0 aliphatic rings. The number of nitrogens with two attached hydrogens (primary N) is 1. The minimum atomic E-state index is -0.227. The second kappa shape index (κ2) is 6.86. The lowest BCUT2D eigenvalue weighted by atomic mass is 10.1. The van der Waals surface area contributed by atoms with Gasteiger partial charge in [-0.25, -0.2) is 4.39 Å². The first-order valence-electron chi connectivity index (χ1n) is 6.59. The number of anilines is 1. The Morgan fingerprint density at radius 1 is 1.05 bits per heavy atom. The van der Waals surface area contributed by atoms with Crippen molar-refractivity contribution in [2.24, 2.45) is 0 Å². The smallest absolute Gasteiger partial charge is 0.137 e. The van der Waals surface area contributed by atoms with Crippen LogP contribution in [-0.4, -0.2) is 11.4 Å². The average molecular weight is 337 g/mol. The van der Waals surface area contributed by atoms with Crippen molar-refractivity contribution in [2.75, 3.05) is 12.3 Å². The van der Waals surface area contributed by atoms with E-state index in [-0.39, 0.29) is 5.82 Å². The number of rotatable bonds is 5. The van der Waals surface area contributed by atoms with Gasteiger partial charge in [-0.2, -0.15) is 0 Å². The van der Waals surface area contributed by atoms with Crippen LogP contribution in [0.15, 0.2) is 46.9 Å². The normalized spacial score (nSPS) is 11.0. The van der Waals surface area contributed by atoms with Gasteiger partial charge >= 0.3 is 0 Å². The molecule has 0 radical (unpaired) electrons. The van der Waals surface area contributed by atoms with Crippen LogP contribution in [0.3, 0.4) is 0 Å². The van der Waals surface area contributed by atoms with E-state index < -0.39 is 0 Å². The van der Waals surface area contributed by atoms with Gasteiger partial charge in [-0.15, -0.1) is 0 Å². The first kappa shape index (κ1) is 15.0. The highest BCUT2D eigenvalue weighted by molar-refractivity contribution is 9.10. The van der Waals surface area contributed by atoms with E-state index in [0.717, 1.165) is 30.9 Å². The number of halogens is 2. The van der Waals surface area contributed by atoms with Crippen LogP contribution in [0.25, 0.3) is 0 Å². The Kier molecular flexibility index (Phi) is 5.15. The molecule has 2 N–H and O–H groups in total. The lowest BCUT2D eigenvalue weighted by molar-refractivity contribution is 0.271. The third-order valence-electron chi connectivity index (χ3n) is 3.22. The van der Waals surface area contributed by atoms with Gasteiger partial charge in [0.25, 0.3) is 0 Å². The van der Waals surface area contributed by atoms with Gasteiger partial charge in [-0.1, -0.05) is 25.1 Å². The van der Waals surface area contributed by atoms with Crippen LogP contribution in [-0.2, 0) is 13.1 Å². The van der Waals surface area contributed by atoms with E-state index in [1.54, 1.807) is 0 Å². The molecule has 0 aliphatic carbocycles. The minimum Gasteiger partial charge on any atom is -0.399 e. The van der Waals surface area contributed by atoms with Gasteiger partial charge < -0.3 is 5.73 Å². The predicted molar refractivity (Wildman–Crippen MR) is 84.7 cm³/mol. The molecule has 0 saturated carbocycles. The summed E-state index contributed by atoms with van der Waals surface area (Å²) in [5.74, 6) is -0.227. The van der Waals surface area contributed by atoms with Gasteiger partial charge in [0, 0.05) is 18.8 Å². The van der Waals surface area contributed by atoms with Crippen molar-refractivity contribution < 1.29 is 4.39 Å². The summed E-state index contributed by atoms with van der Waals surface area (Å²) in [5, 5.41) is 0. The topological polar surface area (TPSA) is 29.3 Å². The zero-order chi connectivity index (χ0) is 14.5. The molecule has 0 atom stereocenters. The minimum absolute atomic E-state index is 0.227. The summed E-state index contributed by atoms with van der Waals surface area (Å²) in [7, 11) is 0. The van der Waals surface area contributed by atoms with Crippen molar-refractivity contribution in [1.29, 1.82) is 0 Å². The fraction of sp³-hybridized carbons (Fsp3) is 0.250. The third kappa shape index (κ3) is 4.05. The molecule has 2 rings (SSSR count). The molecule has 20 heavy (non-hydrogen) atoms. The molecule has 0 aliphatic heterocycles. The maximum Gasteiger partial charge on any atom is 0.137 e. The third-order valence-corrected chi connectivity index (χ3v) is 3.83. The Morgan fingerprint density at radius 2 is 1.65 bits per heavy atom. The van der Waals surface area contributed by atoms with Gasteiger partial charge in [0.1, 0.15) is 5.82 Å². The molecule has 106 valence electrons. The summed E-state index contributed by atoms with van der Waals surface area (Å²) in [4.78, 5) is 2.30. The summed E-state index contributed by atoms with van der Waals surface area (Å²) in [6, 6.07) is 13.1. The van der Waals surface area contributed by atoms with Crippen LogP contribution in [0.4, 0.5) is 10.1 Å². The maximum atomic E-state index is 13.2. The van der Waals surface area contributed by atoms with Crippen molar-refractivity contribution in [2.45, 2.75) is 20.0 Å². The van der Waals surface area contributed by atoms with Crippen LogP contribution < -0.4 is 5.73 Å². The first-order chi connectivity index (χ1) is 9.58. The van der Waals surface area contributed by atoms with Crippen molar-refractivity contribution in [3.63, 3.8) is 0 Å². The summed E-state index contributed by atoms with van der Waals surface area (Å²) < 4.78 is 13.7. The molecule has 2 nitrogen and oxygen atoms in total. The first-order valence-corrected chi connectivity index (χ1v) is 7.38. The summed E-state index contributed by atoms with van der Waals surface area (Å²) in [6.07, 6.45) is 0. The monoisotopic (exact) mass is 336 g/mol. The molecule has 0 spiro atoms. The maximum absolute atomic E-state index is 13.2. The Bertz CT molecular complexity index is 569. The van der Waals surface area contributed by atoms with Crippen molar-refractivity contribution in [3.05, 3.63) is 63.9 Å². The van der Waals surface area contributed by atoms with Crippen LogP contribution in [0, 0.1) is 5.82 Å². The van der Waals surface area contributed by atoms with Gasteiger partial charge in [0.2, 0.25) is 0 Å². The van der Waals surface area contributed by atoms with Crippen molar-refractivity contribution in [1.82, 2.24) is 4.90 Å². The quantitative estimate of drug-likeness (QED) is 0.829. The number of nitrogen functional groups attached to an aromatic ring is 1. The van der Waals surface area contributed by atoms with Crippen LogP contribution in [0.5, 0.6) is 0 Å². The molecule has 0 aromatic heterocycles. The summed E-state index contributed by atoms with van der Waals surface area (Å²) in [6.45, 7) is 4.70. The lowest BCUT2D eigenvalue weighted by Gasteiger charge is -2.21. The zero-order valence-corrected chi connectivity index (χ0v) is 13.0. The van der Waals surface area contributed by atoms with Crippen molar-refractivity contribution in [3.8, 4) is 0 Å². The van der Waals surface area contributed by atoms with Gasteiger partial charge in [-0.05, 0) is 57.9 Å². The number of nitrogens with zero attached hydrogens (tertiary/aromatic N) is 1. The van der Waals surface area contributed by atoms with E-state index in [9.17, 15) is 4.39 Å². The fourth-order valence-corrected chi connectivity index (χ4v) is 2.48. The molecular weight excluding hydrogens is 319 g/mol. The summed E-state index contributed by atoms with van der Waals surface area (Å²) in [5.41, 5.74) is 8.78. The zero-order valence-electron chi connectivity index (χ0n) is 11.4. The van der Waals surface area contributed by atoms with Crippen LogP contribution >= 0.6 is 15.9 Å². The van der Waals surface area contributed by atoms with Crippen LogP contribution in [0.2, 0.25) is 0 Å². The molecule has 0 amide bonds. The largest absolute Gasteiger partial charge is 0.399 e. The van der Waals surface area contributed by atoms with E-state index in [1.165, 1.54) is 11.6 Å². The molecule has 4 heteroatoms. The molecule has 0 unspecified atom stereocenters. The van der Waals surface area contributed by atoms with E-state index in [0.29, 0.717) is 4.47 Å². The van der Waals surface area contributed by atoms with E-state index >= 15 is 0 Å². The molecule has 0 fully saturated rings. The number of hydrogen-bond donors (Lipinski definition) is 1. The Balaban J connectivity index is 2.04. The van der Waals surface area contributed by atoms with E-state index in [4.69, 9.17) is 5.73 Å².